The van der Waals surface area contributed by atoms with Gasteiger partial charge in [-0.1, -0.05) is 0 Å². The largest absolute Gasteiger partial charge is 0.469 e. The van der Waals surface area contributed by atoms with Crippen molar-refractivity contribution < 1.29 is 14.6 Å². The third-order valence-corrected chi connectivity index (χ3v) is 3.32. The first-order chi connectivity index (χ1) is 5.72. The van der Waals surface area contributed by atoms with Crippen LogP contribution in [0.4, 0.5) is 0 Å². The number of ether oxygens (including phenoxy) is 1. The van der Waals surface area contributed by atoms with E-state index < -0.39 is 0 Å². The predicted molar refractivity (Wildman–Crippen MR) is 42.3 cm³/mol. The molecule has 68 valence electrons. The molecule has 0 aromatic rings. The molecule has 2 fully saturated rings. The minimum atomic E-state index is -0.157. The second-order valence-electron chi connectivity index (χ2n) is 3.92. The molecule has 0 aromatic carbocycles. The molecule has 1 N–H and O–H groups in total. The number of rotatable bonds is 1. The molecule has 2 aliphatic rings. The molecule has 0 spiro atoms. The number of hydrogen-bond donors (Lipinski definition) is 1. The molecule has 0 saturated heterocycles. The van der Waals surface area contributed by atoms with Gasteiger partial charge in [0, 0.05) is 0 Å². The molecule has 4 atom stereocenters. The van der Waals surface area contributed by atoms with Crippen LogP contribution in [-0.2, 0) is 9.53 Å². The number of carbonyl (C=O) groups is 1. The van der Waals surface area contributed by atoms with Gasteiger partial charge in [0.1, 0.15) is 0 Å². The summed E-state index contributed by atoms with van der Waals surface area (Å²) in [5.74, 6) is 0.731. The first-order valence-electron chi connectivity index (χ1n) is 4.48. The number of aliphatic hydroxyl groups excluding tert-OH is 1. The van der Waals surface area contributed by atoms with Gasteiger partial charge in [0.05, 0.1) is 19.1 Å². The second kappa shape index (κ2) is 2.73. The van der Waals surface area contributed by atoms with E-state index in [1.54, 1.807) is 0 Å². The quantitative estimate of drug-likeness (QED) is 0.585. The van der Waals surface area contributed by atoms with E-state index in [1.165, 1.54) is 7.11 Å². The molecule has 0 amide bonds. The lowest BCUT2D eigenvalue weighted by molar-refractivity contribution is -0.147. The van der Waals surface area contributed by atoms with Crippen LogP contribution in [0.25, 0.3) is 0 Å². The van der Waals surface area contributed by atoms with Gasteiger partial charge in [-0.05, 0) is 31.1 Å². The molecule has 0 aromatic heterocycles. The lowest BCUT2D eigenvalue weighted by Crippen LogP contribution is -2.27. The molecule has 0 aliphatic heterocycles. The molecule has 3 nitrogen and oxygen atoms in total. The van der Waals surface area contributed by atoms with Crippen LogP contribution in [0.15, 0.2) is 0 Å². The van der Waals surface area contributed by atoms with E-state index in [4.69, 9.17) is 4.74 Å². The van der Waals surface area contributed by atoms with Gasteiger partial charge in [-0.15, -0.1) is 0 Å². The third kappa shape index (κ3) is 1.04. The van der Waals surface area contributed by atoms with Gasteiger partial charge in [0.15, 0.2) is 0 Å². The Balaban J connectivity index is 2.02. The van der Waals surface area contributed by atoms with Crippen LogP contribution in [0, 0.1) is 17.8 Å². The molecule has 0 radical (unpaired) electrons. The van der Waals surface area contributed by atoms with Crippen molar-refractivity contribution in [2.45, 2.75) is 25.4 Å². The number of hydrogen-bond acceptors (Lipinski definition) is 3. The normalized spacial score (nSPS) is 44.8. The minimum Gasteiger partial charge on any atom is -0.469 e. The summed E-state index contributed by atoms with van der Waals surface area (Å²) in [6, 6.07) is 0. The fraction of sp³-hybridized carbons (Fsp3) is 0.889. The SMILES string of the molecule is COC(=O)[C@@H]1C[C@H]2C[C@@H]1C[C@@H]2O. The molecule has 3 heteroatoms. The Kier molecular flexibility index (Phi) is 1.83. The van der Waals surface area contributed by atoms with Crippen molar-refractivity contribution in [1.29, 1.82) is 0 Å². The van der Waals surface area contributed by atoms with Gasteiger partial charge in [0.25, 0.3) is 0 Å². The maximum absolute atomic E-state index is 11.2. The van der Waals surface area contributed by atoms with E-state index in [0.29, 0.717) is 11.8 Å². The predicted octanol–water partition coefficient (Wildman–Crippen LogP) is 0.566. The number of carbonyl (C=O) groups excluding carboxylic acids is 1. The van der Waals surface area contributed by atoms with Crippen LogP contribution >= 0.6 is 0 Å². The monoisotopic (exact) mass is 170 g/mol. The smallest absolute Gasteiger partial charge is 0.308 e. The van der Waals surface area contributed by atoms with Crippen LogP contribution in [0.5, 0.6) is 0 Å². The Morgan fingerprint density at radius 3 is 2.50 bits per heavy atom. The maximum atomic E-state index is 11.2. The van der Waals surface area contributed by atoms with Gasteiger partial charge in [0.2, 0.25) is 0 Å². The fourth-order valence-corrected chi connectivity index (χ4v) is 2.69. The van der Waals surface area contributed by atoms with Gasteiger partial charge >= 0.3 is 5.97 Å². The molecular weight excluding hydrogens is 156 g/mol. The Labute approximate surface area is 71.7 Å². The summed E-state index contributed by atoms with van der Waals surface area (Å²) in [4.78, 5) is 11.2. The average Bonchev–Trinajstić information content (AvgIpc) is 2.60. The van der Waals surface area contributed by atoms with Gasteiger partial charge in [-0.25, -0.2) is 0 Å². The Bertz CT molecular complexity index is 200. The number of aliphatic hydroxyl groups is 1. The standard InChI is InChI=1S/C9H14O3/c1-12-9(11)7-3-6-2-5(7)4-8(6)10/h5-8,10H,2-4H2,1H3/t5-,6-,7-,8+/m1/s1. The summed E-state index contributed by atoms with van der Waals surface area (Å²) < 4.78 is 4.70. The van der Waals surface area contributed by atoms with E-state index in [0.717, 1.165) is 19.3 Å². The number of fused-ring (bicyclic) bond motifs is 2. The third-order valence-electron chi connectivity index (χ3n) is 3.32. The van der Waals surface area contributed by atoms with E-state index in [-0.39, 0.29) is 18.0 Å². The highest BCUT2D eigenvalue weighted by molar-refractivity contribution is 5.73. The lowest BCUT2D eigenvalue weighted by atomic mass is 9.87. The van der Waals surface area contributed by atoms with E-state index in [2.05, 4.69) is 0 Å². The van der Waals surface area contributed by atoms with Crippen molar-refractivity contribution in [2.75, 3.05) is 7.11 Å². The highest BCUT2D eigenvalue weighted by Gasteiger charge is 2.48. The zero-order valence-corrected chi connectivity index (χ0v) is 7.19. The zero-order valence-electron chi connectivity index (χ0n) is 7.19. The summed E-state index contributed by atoms with van der Waals surface area (Å²) in [5.41, 5.74) is 0. The van der Waals surface area contributed by atoms with Gasteiger partial charge in [-0.2, -0.15) is 0 Å². The van der Waals surface area contributed by atoms with E-state index >= 15 is 0 Å². The van der Waals surface area contributed by atoms with Crippen LogP contribution in [-0.4, -0.2) is 24.3 Å². The summed E-state index contributed by atoms with van der Waals surface area (Å²) in [6.45, 7) is 0. The summed E-state index contributed by atoms with van der Waals surface area (Å²) in [7, 11) is 1.44. The topological polar surface area (TPSA) is 46.5 Å². The highest BCUT2D eigenvalue weighted by atomic mass is 16.5. The van der Waals surface area contributed by atoms with Crippen molar-refractivity contribution in [3.63, 3.8) is 0 Å². The number of esters is 1. The van der Waals surface area contributed by atoms with Crippen LogP contribution in [0.1, 0.15) is 19.3 Å². The second-order valence-corrected chi connectivity index (χ2v) is 3.92. The molecular formula is C9H14O3. The summed E-state index contributed by atoms with van der Waals surface area (Å²) >= 11 is 0. The summed E-state index contributed by atoms with van der Waals surface area (Å²) in [5, 5.41) is 9.44. The van der Waals surface area contributed by atoms with Crippen molar-refractivity contribution in [2.24, 2.45) is 17.8 Å². The van der Waals surface area contributed by atoms with E-state index in [9.17, 15) is 9.90 Å². The summed E-state index contributed by atoms with van der Waals surface area (Å²) in [6.07, 6.45) is 2.49. The van der Waals surface area contributed by atoms with Crippen molar-refractivity contribution in [1.82, 2.24) is 0 Å². The van der Waals surface area contributed by atoms with E-state index in [1.807, 2.05) is 0 Å². The van der Waals surface area contributed by atoms with Gasteiger partial charge < -0.3 is 9.84 Å². The fourth-order valence-electron chi connectivity index (χ4n) is 2.69. The minimum absolute atomic E-state index is 0.0726. The van der Waals surface area contributed by atoms with Crippen LogP contribution < -0.4 is 0 Å². The molecule has 0 unspecified atom stereocenters. The van der Waals surface area contributed by atoms with Crippen molar-refractivity contribution in [3.8, 4) is 0 Å². The molecule has 2 bridgehead atoms. The first kappa shape index (κ1) is 8.05. The molecule has 2 rings (SSSR count). The zero-order chi connectivity index (χ0) is 8.72. The van der Waals surface area contributed by atoms with Crippen molar-refractivity contribution >= 4 is 5.97 Å². The maximum Gasteiger partial charge on any atom is 0.308 e. The Hall–Kier alpha value is -0.570. The highest BCUT2D eigenvalue weighted by Crippen LogP contribution is 2.48. The van der Waals surface area contributed by atoms with Crippen LogP contribution in [0.3, 0.4) is 0 Å². The van der Waals surface area contributed by atoms with Crippen molar-refractivity contribution in [3.05, 3.63) is 0 Å². The molecule has 2 saturated carbocycles. The first-order valence-corrected chi connectivity index (χ1v) is 4.48. The average molecular weight is 170 g/mol. The Morgan fingerprint density at radius 1 is 1.33 bits per heavy atom. The lowest BCUT2D eigenvalue weighted by Gasteiger charge is -2.22. The van der Waals surface area contributed by atoms with Gasteiger partial charge in [-0.3, -0.25) is 4.79 Å². The Morgan fingerprint density at radius 2 is 2.08 bits per heavy atom. The molecule has 12 heavy (non-hydrogen) atoms. The molecule has 2 aliphatic carbocycles. The molecule has 0 heterocycles. The number of methoxy groups -OCH3 is 1. The van der Waals surface area contributed by atoms with Crippen LogP contribution in [0.2, 0.25) is 0 Å².